The maximum Gasteiger partial charge on any atom is 0.337 e. The summed E-state index contributed by atoms with van der Waals surface area (Å²) in [5.74, 6) is 0.0741. The SMILES string of the molecule is COC(=O)c1ccc(-c2ccc(/C=N\N3C(=O)[C@@H]4[C@H](C3=O)[C@H]3C=C[C@@H]4C34CC4)o2)cc1. The zero-order valence-electron chi connectivity index (χ0n) is 16.9. The number of allylic oxidation sites excluding steroid dienone is 2. The number of ether oxygens (including phenoxy) is 1. The molecular weight excluding hydrogens is 396 g/mol. The van der Waals surface area contributed by atoms with Crippen LogP contribution in [0.25, 0.3) is 11.3 Å². The van der Waals surface area contributed by atoms with Gasteiger partial charge in [0, 0.05) is 5.56 Å². The number of fused-ring (bicyclic) bond motifs is 3. The van der Waals surface area contributed by atoms with Gasteiger partial charge >= 0.3 is 5.97 Å². The van der Waals surface area contributed by atoms with Crippen molar-refractivity contribution in [1.29, 1.82) is 0 Å². The normalized spacial score (nSPS) is 29.4. The molecule has 7 heteroatoms. The van der Waals surface area contributed by atoms with E-state index in [1.807, 2.05) is 0 Å². The highest BCUT2D eigenvalue weighted by molar-refractivity contribution is 6.07. The number of rotatable bonds is 4. The number of hydrogen-bond donors (Lipinski definition) is 0. The molecule has 4 atom stereocenters. The third-order valence-electron chi connectivity index (χ3n) is 7.35. The number of methoxy groups -OCH3 is 1. The number of furan rings is 1. The third kappa shape index (κ3) is 2.46. The van der Waals surface area contributed by atoms with Crippen molar-refractivity contribution in [3.05, 3.63) is 59.9 Å². The Morgan fingerprint density at radius 2 is 1.71 bits per heavy atom. The number of hydrazone groups is 1. The van der Waals surface area contributed by atoms with E-state index in [0.29, 0.717) is 17.1 Å². The van der Waals surface area contributed by atoms with Gasteiger partial charge in [-0.05, 0) is 54.4 Å². The van der Waals surface area contributed by atoms with Crippen LogP contribution in [0.2, 0.25) is 0 Å². The smallest absolute Gasteiger partial charge is 0.337 e. The Balaban J connectivity index is 1.19. The first-order chi connectivity index (χ1) is 15.0. The van der Waals surface area contributed by atoms with Gasteiger partial charge < -0.3 is 9.15 Å². The van der Waals surface area contributed by atoms with Crippen molar-refractivity contribution in [3.8, 4) is 11.3 Å². The van der Waals surface area contributed by atoms with Crippen LogP contribution in [0, 0.1) is 29.1 Å². The average Bonchev–Trinajstić information content (AvgIpc) is 3.07. The molecule has 7 nitrogen and oxygen atoms in total. The highest BCUT2D eigenvalue weighted by Crippen LogP contribution is 2.73. The van der Waals surface area contributed by atoms with Crippen LogP contribution < -0.4 is 0 Å². The minimum atomic E-state index is -0.403. The Bertz CT molecular complexity index is 1140. The fourth-order valence-electron chi connectivity index (χ4n) is 5.76. The molecule has 156 valence electrons. The summed E-state index contributed by atoms with van der Waals surface area (Å²) in [6.07, 6.45) is 7.91. The van der Waals surface area contributed by atoms with Crippen molar-refractivity contribution < 1.29 is 23.5 Å². The van der Waals surface area contributed by atoms with Crippen molar-refractivity contribution in [1.82, 2.24) is 5.01 Å². The fraction of sp³-hybridized carbons (Fsp3) is 0.333. The minimum absolute atomic E-state index is 0.176. The van der Waals surface area contributed by atoms with Crippen LogP contribution in [0.5, 0.6) is 0 Å². The van der Waals surface area contributed by atoms with Crippen LogP contribution in [0.3, 0.4) is 0 Å². The molecule has 2 amide bonds. The van der Waals surface area contributed by atoms with E-state index in [1.165, 1.54) is 13.3 Å². The Morgan fingerprint density at radius 1 is 1.06 bits per heavy atom. The van der Waals surface area contributed by atoms with E-state index in [-0.39, 0.29) is 40.9 Å². The third-order valence-corrected chi connectivity index (χ3v) is 7.35. The molecule has 0 N–H and O–H groups in total. The summed E-state index contributed by atoms with van der Waals surface area (Å²) in [7, 11) is 1.34. The van der Waals surface area contributed by atoms with Gasteiger partial charge in [0.2, 0.25) is 0 Å². The lowest BCUT2D eigenvalue weighted by Crippen LogP contribution is -2.30. The van der Waals surface area contributed by atoms with E-state index < -0.39 is 5.97 Å². The molecule has 0 radical (unpaired) electrons. The number of nitrogens with zero attached hydrogens (tertiary/aromatic N) is 2. The molecule has 1 saturated heterocycles. The molecule has 2 heterocycles. The summed E-state index contributed by atoms with van der Waals surface area (Å²) in [6, 6.07) is 10.3. The second-order valence-electron chi connectivity index (χ2n) is 8.72. The predicted molar refractivity (Wildman–Crippen MR) is 110 cm³/mol. The summed E-state index contributed by atoms with van der Waals surface area (Å²) < 4.78 is 10.5. The lowest BCUT2D eigenvalue weighted by atomic mass is 9.85. The lowest BCUT2D eigenvalue weighted by Gasteiger charge is -2.18. The quantitative estimate of drug-likeness (QED) is 0.330. The number of benzene rings is 1. The molecule has 3 aliphatic carbocycles. The molecule has 2 bridgehead atoms. The Hall–Kier alpha value is -3.48. The van der Waals surface area contributed by atoms with Gasteiger partial charge in [0.1, 0.15) is 11.5 Å². The van der Waals surface area contributed by atoms with Gasteiger partial charge in [-0.3, -0.25) is 9.59 Å². The first-order valence-electron chi connectivity index (χ1n) is 10.4. The summed E-state index contributed by atoms with van der Waals surface area (Å²) in [6.45, 7) is 0. The predicted octanol–water partition coefficient (Wildman–Crippen LogP) is 3.26. The molecule has 31 heavy (non-hydrogen) atoms. The first-order valence-corrected chi connectivity index (χ1v) is 10.4. The summed E-state index contributed by atoms with van der Waals surface area (Å²) in [4.78, 5) is 37.5. The molecule has 3 fully saturated rings. The van der Waals surface area contributed by atoms with Gasteiger partial charge in [-0.15, -0.1) is 0 Å². The van der Waals surface area contributed by atoms with E-state index in [4.69, 9.17) is 9.15 Å². The molecule has 1 aromatic carbocycles. The van der Waals surface area contributed by atoms with Crippen molar-refractivity contribution in [2.45, 2.75) is 12.8 Å². The topological polar surface area (TPSA) is 89.2 Å². The van der Waals surface area contributed by atoms with Crippen LogP contribution >= 0.6 is 0 Å². The first kappa shape index (κ1) is 18.3. The number of hydrogen-bond acceptors (Lipinski definition) is 6. The number of amides is 2. The van der Waals surface area contributed by atoms with Gasteiger partial charge in [-0.25, -0.2) is 4.79 Å². The van der Waals surface area contributed by atoms with E-state index >= 15 is 0 Å². The van der Waals surface area contributed by atoms with Crippen molar-refractivity contribution in [3.63, 3.8) is 0 Å². The molecule has 1 aromatic heterocycles. The zero-order chi connectivity index (χ0) is 21.3. The lowest BCUT2D eigenvalue weighted by molar-refractivity contribution is -0.141. The number of imide groups is 1. The molecule has 1 spiro atoms. The fourth-order valence-corrected chi connectivity index (χ4v) is 5.76. The van der Waals surface area contributed by atoms with Gasteiger partial charge in [0.25, 0.3) is 11.8 Å². The van der Waals surface area contributed by atoms with E-state index in [0.717, 1.165) is 23.4 Å². The van der Waals surface area contributed by atoms with Crippen molar-refractivity contribution in [2.24, 2.45) is 34.2 Å². The van der Waals surface area contributed by atoms with Crippen molar-refractivity contribution in [2.75, 3.05) is 7.11 Å². The maximum atomic E-state index is 13.0. The summed E-state index contributed by atoms with van der Waals surface area (Å²) >= 11 is 0. The summed E-state index contributed by atoms with van der Waals surface area (Å²) in [5, 5.41) is 5.22. The molecule has 0 unspecified atom stereocenters. The van der Waals surface area contributed by atoms with E-state index in [2.05, 4.69) is 17.3 Å². The molecule has 4 aliphatic rings. The van der Waals surface area contributed by atoms with Crippen molar-refractivity contribution >= 4 is 24.0 Å². The number of carbonyl (C=O) groups excluding carboxylic acids is 3. The van der Waals surface area contributed by atoms with Gasteiger partial charge in [-0.2, -0.15) is 10.1 Å². The largest absolute Gasteiger partial charge is 0.465 e. The van der Waals surface area contributed by atoms with E-state index in [9.17, 15) is 14.4 Å². The monoisotopic (exact) mass is 416 g/mol. The second kappa shape index (κ2) is 6.26. The molecule has 6 rings (SSSR count). The van der Waals surface area contributed by atoms with Gasteiger partial charge in [-0.1, -0.05) is 24.3 Å². The summed E-state index contributed by atoms with van der Waals surface area (Å²) in [5.41, 5.74) is 1.41. The highest BCUT2D eigenvalue weighted by atomic mass is 16.5. The second-order valence-corrected chi connectivity index (χ2v) is 8.72. The highest BCUT2D eigenvalue weighted by Gasteiger charge is 2.73. The molecule has 2 aromatic rings. The maximum absolute atomic E-state index is 13.0. The standard InChI is InChI=1S/C24H20N2O5/c1-30-23(29)14-4-2-13(3-5-14)18-9-6-15(31-18)12-25-26-21(27)19-16-7-8-17(20(19)22(26)28)24(16)10-11-24/h2-9,12,16-17,19-20H,10-11H2,1H3/b25-12-/t16-,17+,19-,20+. The number of carbonyl (C=O) groups is 3. The number of esters is 1. The Morgan fingerprint density at radius 3 is 2.29 bits per heavy atom. The van der Waals surface area contributed by atoms with E-state index in [1.54, 1.807) is 36.4 Å². The van der Waals surface area contributed by atoms with Crippen LogP contribution in [-0.2, 0) is 14.3 Å². The Kier molecular flexibility index (Phi) is 3.70. The molecular formula is C24H20N2O5. The van der Waals surface area contributed by atoms with Gasteiger partial charge in [0.05, 0.1) is 30.7 Å². The molecule has 1 aliphatic heterocycles. The Labute approximate surface area is 178 Å². The molecule has 2 saturated carbocycles. The van der Waals surface area contributed by atoms with Crippen LogP contribution in [-0.4, -0.2) is 36.1 Å². The minimum Gasteiger partial charge on any atom is -0.465 e. The van der Waals surface area contributed by atoms with Gasteiger partial charge in [0.15, 0.2) is 0 Å². The van der Waals surface area contributed by atoms with Crippen LogP contribution in [0.15, 0.2) is 58.1 Å². The average molecular weight is 416 g/mol. The van der Waals surface area contributed by atoms with Crippen LogP contribution in [0.4, 0.5) is 0 Å². The van der Waals surface area contributed by atoms with Crippen LogP contribution in [0.1, 0.15) is 29.0 Å². The zero-order valence-corrected chi connectivity index (χ0v) is 16.9.